The van der Waals surface area contributed by atoms with Gasteiger partial charge in [0.1, 0.15) is 11.8 Å². The number of fused-ring (bicyclic) bond motifs is 1. The standard InChI is InChI=1S/C22H27BrN4O2S/c1-3-5-12-30-22-25-21-24-16-7-6-8-17(28)19(16)20(27(21)26-22)15-13-14(23)9-10-18(15)29-11-4-2/h9-10,13,20H,3-8,11-12H2,1-2H3,(H,24,25,26). The van der Waals surface area contributed by atoms with Crippen molar-refractivity contribution >= 4 is 39.4 Å². The fourth-order valence-corrected chi connectivity index (χ4v) is 5.16. The van der Waals surface area contributed by atoms with Crippen LogP contribution in [0.5, 0.6) is 5.75 Å². The molecule has 0 saturated carbocycles. The van der Waals surface area contributed by atoms with Gasteiger partial charge in [0.15, 0.2) is 5.78 Å². The summed E-state index contributed by atoms with van der Waals surface area (Å²) >= 11 is 5.26. The van der Waals surface area contributed by atoms with E-state index in [1.807, 2.05) is 22.9 Å². The maximum atomic E-state index is 13.0. The number of halogens is 1. The summed E-state index contributed by atoms with van der Waals surface area (Å²) in [5, 5.41) is 8.95. The second kappa shape index (κ2) is 9.56. The van der Waals surface area contributed by atoms with Crippen molar-refractivity contribution in [3.63, 3.8) is 0 Å². The lowest BCUT2D eigenvalue weighted by Crippen LogP contribution is -2.31. The minimum atomic E-state index is -0.332. The number of rotatable bonds is 8. The Balaban J connectivity index is 1.81. The average Bonchev–Trinajstić information content (AvgIpc) is 3.14. The van der Waals surface area contributed by atoms with E-state index in [4.69, 9.17) is 14.8 Å². The van der Waals surface area contributed by atoms with Crippen LogP contribution in [0.15, 0.2) is 39.1 Å². The van der Waals surface area contributed by atoms with Gasteiger partial charge in [-0.15, -0.1) is 5.10 Å². The first-order chi connectivity index (χ1) is 14.6. The number of benzene rings is 1. The van der Waals surface area contributed by atoms with Crippen LogP contribution in [0, 0.1) is 0 Å². The number of aromatic nitrogens is 3. The van der Waals surface area contributed by atoms with Crippen molar-refractivity contribution < 1.29 is 9.53 Å². The van der Waals surface area contributed by atoms with Crippen molar-refractivity contribution in [1.29, 1.82) is 0 Å². The maximum Gasteiger partial charge on any atom is 0.227 e. The molecule has 1 aliphatic heterocycles. The van der Waals surface area contributed by atoms with Crippen molar-refractivity contribution in [1.82, 2.24) is 14.8 Å². The molecule has 4 rings (SSSR count). The average molecular weight is 491 g/mol. The second-order valence-corrected chi connectivity index (χ2v) is 9.57. The lowest BCUT2D eigenvalue weighted by Gasteiger charge is -2.33. The summed E-state index contributed by atoms with van der Waals surface area (Å²) < 4.78 is 8.89. The third-order valence-electron chi connectivity index (χ3n) is 5.31. The molecule has 6 nitrogen and oxygen atoms in total. The third kappa shape index (κ3) is 4.30. The molecule has 1 atom stereocenters. The van der Waals surface area contributed by atoms with E-state index in [2.05, 4.69) is 35.1 Å². The van der Waals surface area contributed by atoms with Gasteiger partial charge in [0, 0.05) is 33.5 Å². The summed E-state index contributed by atoms with van der Waals surface area (Å²) in [6.07, 6.45) is 5.46. The van der Waals surface area contributed by atoms with Gasteiger partial charge in [-0.25, -0.2) is 4.68 Å². The first-order valence-corrected chi connectivity index (χ1v) is 12.4. The zero-order chi connectivity index (χ0) is 21.1. The largest absolute Gasteiger partial charge is 0.493 e. The number of anilines is 1. The van der Waals surface area contributed by atoms with Gasteiger partial charge in [0.2, 0.25) is 11.1 Å². The molecule has 0 bridgehead atoms. The van der Waals surface area contributed by atoms with E-state index in [0.29, 0.717) is 19.0 Å². The van der Waals surface area contributed by atoms with Crippen LogP contribution in [0.4, 0.5) is 5.95 Å². The van der Waals surface area contributed by atoms with Crippen LogP contribution in [-0.2, 0) is 4.79 Å². The molecular formula is C22H27BrN4O2S. The van der Waals surface area contributed by atoms with Crippen LogP contribution in [0.2, 0.25) is 0 Å². The summed E-state index contributed by atoms with van der Waals surface area (Å²) in [6, 6.07) is 5.66. The lowest BCUT2D eigenvalue weighted by atomic mass is 9.85. The summed E-state index contributed by atoms with van der Waals surface area (Å²) in [5.74, 6) is 2.66. The molecule has 0 amide bonds. The first kappa shape index (κ1) is 21.4. The Morgan fingerprint density at radius 3 is 2.97 bits per heavy atom. The number of carbonyl (C=O) groups excluding carboxylic acids is 1. The van der Waals surface area contributed by atoms with Crippen molar-refractivity contribution in [2.75, 3.05) is 17.7 Å². The summed E-state index contributed by atoms with van der Waals surface area (Å²) in [7, 11) is 0. The van der Waals surface area contributed by atoms with Crippen LogP contribution >= 0.6 is 27.7 Å². The van der Waals surface area contributed by atoms with E-state index in [1.54, 1.807) is 11.8 Å². The molecule has 2 aromatic rings. The summed E-state index contributed by atoms with van der Waals surface area (Å²) in [6.45, 7) is 4.89. The SMILES string of the molecule is CCCCSc1nc2n(n1)C(c1cc(Br)ccc1OCCC)C1=C(CCCC1=O)N2. The molecule has 2 aliphatic rings. The molecule has 0 radical (unpaired) electrons. The monoisotopic (exact) mass is 490 g/mol. The van der Waals surface area contributed by atoms with Gasteiger partial charge < -0.3 is 10.1 Å². The van der Waals surface area contributed by atoms with Gasteiger partial charge in [0.05, 0.1) is 6.61 Å². The number of unbranched alkanes of at least 4 members (excludes halogenated alkanes) is 1. The predicted molar refractivity (Wildman–Crippen MR) is 123 cm³/mol. The zero-order valence-corrected chi connectivity index (χ0v) is 19.8. The highest BCUT2D eigenvalue weighted by Crippen LogP contribution is 2.44. The van der Waals surface area contributed by atoms with Crippen LogP contribution in [0.1, 0.15) is 64.0 Å². The molecule has 160 valence electrons. The Morgan fingerprint density at radius 2 is 2.17 bits per heavy atom. The molecular weight excluding hydrogens is 464 g/mol. The van der Waals surface area contributed by atoms with Gasteiger partial charge in [-0.05, 0) is 43.9 Å². The van der Waals surface area contributed by atoms with Crippen LogP contribution in [0.3, 0.4) is 0 Å². The van der Waals surface area contributed by atoms with E-state index >= 15 is 0 Å². The fraction of sp³-hybridized carbons (Fsp3) is 0.500. The van der Waals surface area contributed by atoms with Crippen molar-refractivity contribution in [2.24, 2.45) is 0 Å². The number of Topliss-reactive ketones (excluding diaryl/α,β-unsaturated/α-hetero) is 1. The normalized spacial score (nSPS) is 18.1. The third-order valence-corrected chi connectivity index (χ3v) is 6.72. The van der Waals surface area contributed by atoms with Crippen molar-refractivity contribution in [3.8, 4) is 5.75 Å². The Labute approximate surface area is 190 Å². The van der Waals surface area contributed by atoms with E-state index in [1.165, 1.54) is 0 Å². The highest BCUT2D eigenvalue weighted by molar-refractivity contribution is 9.10. The molecule has 2 heterocycles. The van der Waals surface area contributed by atoms with E-state index in [0.717, 1.165) is 70.1 Å². The van der Waals surface area contributed by atoms with Crippen LogP contribution in [-0.4, -0.2) is 32.9 Å². The van der Waals surface area contributed by atoms with Gasteiger partial charge >= 0.3 is 0 Å². The molecule has 0 saturated heterocycles. The number of hydrogen-bond acceptors (Lipinski definition) is 6. The van der Waals surface area contributed by atoms with E-state index in [9.17, 15) is 4.79 Å². The number of ether oxygens (including phenoxy) is 1. The predicted octanol–water partition coefficient (Wildman–Crippen LogP) is 5.74. The number of nitrogens with one attached hydrogen (secondary N) is 1. The zero-order valence-electron chi connectivity index (χ0n) is 17.4. The highest BCUT2D eigenvalue weighted by Gasteiger charge is 2.38. The highest BCUT2D eigenvalue weighted by atomic mass is 79.9. The molecule has 0 fully saturated rings. The summed E-state index contributed by atoms with van der Waals surface area (Å²) in [5.41, 5.74) is 2.71. The number of carbonyl (C=O) groups is 1. The molecule has 8 heteroatoms. The number of allylic oxidation sites excluding steroid dienone is 2. The first-order valence-electron chi connectivity index (χ1n) is 10.7. The number of ketones is 1. The minimum Gasteiger partial charge on any atom is -0.493 e. The molecule has 0 spiro atoms. The minimum absolute atomic E-state index is 0.177. The Morgan fingerprint density at radius 1 is 1.30 bits per heavy atom. The van der Waals surface area contributed by atoms with Crippen molar-refractivity contribution in [3.05, 3.63) is 39.5 Å². The van der Waals surface area contributed by atoms with Gasteiger partial charge in [-0.2, -0.15) is 4.98 Å². The molecule has 1 aromatic heterocycles. The molecule has 30 heavy (non-hydrogen) atoms. The Bertz CT molecular complexity index is 972. The molecule has 1 aliphatic carbocycles. The van der Waals surface area contributed by atoms with Crippen LogP contribution in [0.25, 0.3) is 0 Å². The topological polar surface area (TPSA) is 69.0 Å². The van der Waals surface area contributed by atoms with Gasteiger partial charge in [-0.3, -0.25) is 4.79 Å². The Hall–Kier alpha value is -1.80. The maximum absolute atomic E-state index is 13.0. The quantitative estimate of drug-likeness (QED) is 0.375. The molecule has 1 unspecified atom stereocenters. The van der Waals surface area contributed by atoms with Crippen molar-refractivity contribution in [2.45, 2.75) is 63.6 Å². The van der Waals surface area contributed by atoms with Crippen LogP contribution < -0.4 is 10.1 Å². The lowest BCUT2D eigenvalue weighted by molar-refractivity contribution is -0.116. The van der Waals surface area contributed by atoms with Gasteiger partial charge in [-0.1, -0.05) is 48.0 Å². The number of nitrogens with zero attached hydrogens (tertiary/aromatic N) is 3. The second-order valence-electron chi connectivity index (χ2n) is 7.59. The molecule has 1 aromatic carbocycles. The van der Waals surface area contributed by atoms with E-state index < -0.39 is 0 Å². The number of thioether (sulfide) groups is 1. The Kier molecular flexibility index (Phi) is 6.83. The van der Waals surface area contributed by atoms with E-state index in [-0.39, 0.29) is 11.8 Å². The smallest absolute Gasteiger partial charge is 0.227 e. The van der Waals surface area contributed by atoms with Gasteiger partial charge in [0.25, 0.3) is 0 Å². The summed E-state index contributed by atoms with van der Waals surface area (Å²) in [4.78, 5) is 17.8. The molecule has 1 N–H and O–H groups in total. The fourth-order valence-electron chi connectivity index (χ4n) is 3.87. The number of hydrogen-bond donors (Lipinski definition) is 1.